The number of nitrogens with one attached hydrogen (secondary N) is 1. The standard InChI is InChI=1S/C16H15F2NO3S/c17-13-6-2-1-5-12(13)11-19-16(20)9-10-23(21,22)15-8-4-3-7-14(15)18/h1-8H,9-11H2,(H,19,20). The van der Waals surface area contributed by atoms with Crippen LogP contribution in [-0.2, 0) is 21.2 Å². The molecule has 23 heavy (non-hydrogen) atoms. The first-order valence-electron chi connectivity index (χ1n) is 6.87. The van der Waals surface area contributed by atoms with Crippen molar-refractivity contribution in [2.24, 2.45) is 0 Å². The van der Waals surface area contributed by atoms with E-state index in [4.69, 9.17) is 0 Å². The zero-order valence-corrected chi connectivity index (χ0v) is 12.9. The molecule has 0 radical (unpaired) electrons. The molecule has 0 spiro atoms. The molecule has 0 aliphatic carbocycles. The Bertz CT molecular complexity index is 806. The van der Waals surface area contributed by atoms with Crippen molar-refractivity contribution in [1.29, 1.82) is 0 Å². The lowest BCUT2D eigenvalue weighted by atomic mass is 10.2. The topological polar surface area (TPSA) is 63.2 Å². The molecule has 1 N–H and O–H groups in total. The van der Waals surface area contributed by atoms with Gasteiger partial charge < -0.3 is 5.32 Å². The van der Waals surface area contributed by atoms with Crippen molar-refractivity contribution in [3.05, 3.63) is 65.7 Å². The lowest BCUT2D eigenvalue weighted by Crippen LogP contribution is -2.25. The SMILES string of the molecule is O=C(CCS(=O)(=O)c1ccccc1F)NCc1ccccc1F. The van der Waals surface area contributed by atoms with Crippen LogP contribution in [0.3, 0.4) is 0 Å². The van der Waals surface area contributed by atoms with Gasteiger partial charge in [-0.05, 0) is 18.2 Å². The molecule has 0 saturated carbocycles. The molecular weight excluding hydrogens is 324 g/mol. The number of hydrogen-bond donors (Lipinski definition) is 1. The van der Waals surface area contributed by atoms with E-state index in [9.17, 15) is 22.0 Å². The van der Waals surface area contributed by atoms with E-state index in [0.717, 1.165) is 12.1 Å². The van der Waals surface area contributed by atoms with Gasteiger partial charge in [0.15, 0.2) is 9.84 Å². The summed E-state index contributed by atoms with van der Waals surface area (Å²) in [6.45, 7) is -0.0365. The molecule has 0 aromatic heterocycles. The van der Waals surface area contributed by atoms with Gasteiger partial charge in [0.05, 0.1) is 5.75 Å². The molecule has 0 unspecified atom stereocenters. The minimum atomic E-state index is -3.89. The number of sulfone groups is 1. The summed E-state index contributed by atoms with van der Waals surface area (Å²) in [7, 11) is -3.89. The molecule has 0 aliphatic heterocycles. The number of carbonyl (C=O) groups excluding carboxylic acids is 1. The molecule has 2 rings (SSSR count). The molecule has 0 atom stereocenters. The Kier molecular flexibility index (Phi) is 5.44. The number of rotatable bonds is 6. The van der Waals surface area contributed by atoms with Gasteiger partial charge in [0.2, 0.25) is 5.91 Å². The fraction of sp³-hybridized carbons (Fsp3) is 0.188. The number of hydrogen-bond acceptors (Lipinski definition) is 3. The number of carbonyl (C=O) groups is 1. The third-order valence-electron chi connectivity index (χ3n) is 3.20. The van der Waals surface area contributed by atoms with Gasteiger partial charge >= 0.3 is 0 Å². The van der Waals surface area contributed by atoms with Crippen molar-refractivity contribution in [1.82, 2.24) is 5.32 Å². The van der Waals surface area contributed by atoms with Crippen molar-refractivity contribution in [3.8, 4) is 0 Å². The summed E-state index contributed by atoms with van der Waals surface area (Å²) >= 11 is 0. The maximum Gasteiger partial charge on any atom is 0.221 e. The van der Waals surface area contributed by atoms with Crippen LogP contribution in [0.1, 0.15) is 12.0 Å². The minimum Gasteiger partial charge on any atom is -0.352 e. The monoisotopic (exact) mass is 339 g/mol. The summed E-state index contributed by atoms with van der Waals surface area (Å²) in [5, 5.41) is 2.44. The third-order valence-corrected chi connectivity index (χ3v) is 4.95. The molecule has 0 saturated heterocycles. The van der Waals surface area contributed by atoms with Crippen LogP contribution < -0.4 is 5.32 Å². The van der Waals surface area contributed by atoms with Crippen molar-refractivity contribution in [2.75, 3.05) is 5.75 Å². The van der Waals surface area contributed by atoms with E-state index in [1.807, 2.05) is 0 Å². The Morgan fingerprint density at radius 3 is 2.22 bits per heavy atom. The van der Waals surface area contributed by atoms with Crippen LogP contribution in [0.5, 0.6) is 0 Å². The predicted molar refractivity (Wildman–Crippen MR) is 81.3 cm³/mol. The molecule has 7 heteroatoms. The fourth-order valence-electron chi connectivity index (χ4n) is 1.96. The van der Waals surface area contributed by atoms with Crippen LogP contribution in [0.2, 0.25) is 0 Å². The average Bonchev–Trinajstić information content (AvgIpc) is 2.52. The first kappa shape index (κ1) is 17.1. The highest BCUT2D eigenvalue weighted by atomic mass is 32.2. The molecule has 2 aromatic carbocycles. The van der Waals surface area contributed by atoms with E-state index in [0.29, 0.717) is 5.56 Å². The Labute approximate surface area is 133 Å². The van der Waals surface area contributed by atoms with E-state index in [2.05, 4.69) is 5.32 Å². The number of benzene rings is 2. The number of halogens is 2. The van der Waals surface area contributed by atoms with Crippen LogP contribution in [-0.4, -0.2) is 20.1 Å². The maximum absolute atomic E-state index is 13.5. The summed E-state index contributed by atoms with van der Waals surface area (Å²) in [4.78, 5) is 11.3. The van der Waals surface area contributed by atoms with E-state index in [1.165, 1.54) is 30.3 Å². The Hall–Kier alpha value is -2.28. The Balaban J connectivity index is 1.92. The average molecular weight is 339 g/mol. The first-order valence-corrected chi connectivity index (χ1v) is 8.53. The quantitative estimate of drug-likeness (QED) is 0.879. The minimum absolute atomic E-state index is 0.0365. The second kappa shape index (κ2) is 7.32. The van der Waals surface area contributed by atoms with Gasteiger partial charge in [0.1, 0.15) is 16.5 Å². The second-order valence-corrected chi connectivity index (χ2v) is 6.95. The van der Waals surface area contributed by atoms with Crippen molar-refractivity contribution >= 4 is 15.7 Å². The smallest absolute Gasteiger partial charge is 0.221 e. The molecule has 0 bridgehead atoms. The highest BCUT2D eigenvalue weighted by molar-refractivity contribution is 7.91. The summed E-state index contributed by atoms with van der Waals surface area (Å²) in [6, 6.07) is 10.9. The summed E-state index contributed by atoms with van der Waals surface area (Å²) in [5.41, 5.74) is 0.304. The van der Waals surface area contributed by atoms with Gasteiger partial charge in [0, 0.05) is 18.5 Å². The lowest BCUT2D eigenvalue weighted by Gasteiger charge is -2.07. The summed E-state index contributed by atoms with van der Waals surface area (Å²) in [5.74, 6) is -2.36. The summed E-state index contributed by atoms with van der Waals surface area (Å²) in [6.07, 6.45) is -0.328. The second-order valence-electron chi connectivity index (χ2n) is 4.87. The molecule has 4 nitrogen and oxygen atoms in total. The predicted octanol–water partition coefficient (Wildman–Crippen LogP) is 2.45. The van der Waals surface area contributed by atoms with Crippen LogP contribution in [0.25, 0.3) is 0 Å². The normalized spacial score (nSPS) is 11.2. The van der Waals surface area contributed by atoms with E-state index >= 15 is 0 Å². The van der Waals surface area contributed by atoms with Crippen molar-refractivity contribution < 1.29 is 22.0 Å². The van der Waals surface area contributed by atoms with E-state index < -0.39 is 38.0 Å². The zero-order valence-electron chi connectivity index (χ0n) is 12.1. The number of amides is 1. The van der Waals surface area contributed by atoms with E-state index in [-0.39, 0.29) is 13.0 Å². The van der Waals surface area contributed by atoms with E-state index in [1.54, 1.807) is 6.07 Å². The van der Waals surface area contributed by atoms with Gasteiger partial charge in [-0.3, -0.25) is 4.79 Å². The summed E-state index contributed by atoms with van der Waals surface area (Å²) < 4.78 is 50.9. The van der Waals surface area contributed by atoms with Crippen molar-refractivity contribution in [3.63, 3.8) is 0 Å². The first-order chi connectivity index (χ1) is 10.9. The van der Waals surface area contributed by atoms with Crippen LogP contribution in [0, 0.1) is 11.6 Å². The van der Waals surface area contributed by atoms with Crippen LogP contribution in [0.15, 0.2) is 53.4 Å². The van der Waals surface area contributed by atoms with Crippen molar-refractivity contribution in [2.45, 2.75) is 17.9 Å². The van der Waals surface area contributed by atoms with Gasteiger partial charge in [-0.15, -0.1) is 0 Å². The highest BCUT2D eigenvalue weighted by Crippen LogP contribution is 2.16. The third kappa shape index (κ3) is 4.59. The fourth-order valence-corrected chi connectivity index (χ4v) is 3.28. The maximum atomic E-state index is 13.5. The highest BCUT2D eigenvalue weighted by Gasteiger charge is 2.20. The van der Waals surface area contributed by atoms with Gasteiger partial charge in [0.25, 0.3) is 0 Å². The lowest BCUT2D eigenvalue weighted by molar-refractivity contribution is -0.120. The molecular formula is C16H15F2NO3S. The largest absolute Gasteiger partial charge is 0.352 e. The molecule has 1 amide bonds. The molecule has 122 valence electrons. The Morgan fingerprint density at radius 1 is 0.957 bits per heavy atom. The van der Waals surface area contributed by atoms with Crippen LogP contribution in [0.4, 0.5) is 8.78 Å². The van der Waals surface area contributed by atoms with Crippen LogP contribution >= 0.6 is 0 Å². The molecule has 2 aromatic rings. The van der Waals surface area contributed by atoms with Gasteiger partial charge in [-0.1, -0.05) is 30.3 Å². The molecule has 0 aliphatic rings. The zero-order chi connectivity index (χ0) is 16.9. The molecule has 0 heterocycles. The molecule has 0 fully saturated rings. The Morgan fingerprint density at radius 2 is 1.57 bits per heavy atom. The van der Waals surface area contributed by atoms with Gasteiger partial charge in [-0.2, -0.15) is 0 Å². The van der Waals surface area contributed by atoms with Gasteiger partial charge in [-0.25, -0.2) is 17.2 Å².